The predicted molar refractivity (Wildman–Crippen MR) is 78.3 cm³/mol. The molecule has 18 heavy (non-hydrogen) atoms. The van der Waals surface area contributed by atoms with E-state index < -0.39 is 0 Å². The van der Waals surface area contributed by atoms with Crippen molar-refractivity contribution >= 4 is 11.3 Å². The molecule has 2 nitrogen and oxygen atoms in total. The average Bonchev–Trinajstić information content (AvgIpc) is 2.76. The third kappa shape index (κ3) is 2.79. The van der Waals surface area contributed by atoms with Gasteiger partial charge in [-0.25, -0.2) is 4.98 Å². The summed E-state index contributed by atoms with van der Waals surface area (Å²) in [7, 11) is 0. The first-order valence-corrected chi connectivity index (χ1v) is 7.22. The van der Waals surface area contributed by atoms with Gasteiger partial charge in [-0.2, -0.15) is 0 Å². The zero-order chi connectivity index (χ0) is 13.1. The quantitative estimate of drug-likeness (QED) is 0.905. The highest BCUT2D eigenvalue weighted by Crippen LogP contribution is 2.25. The van der Waals surface area contributed by atoms with Gasteiger partial charge in [0, 0.05) is 5.38 Å². The molecule has 96 valence electrons. The third-order valence-electron chi connectivity index (χ3n) is 3.21. The van der Waals surface area contributed by atoms with Crippen LogP contribution in [0.25, 0.3) is 0 Å². The van der Waals surface area contributed by atoms with Crippen molar-refractivity contribution in [2.75, 3.05) is 6.54 Å². The van der Waals surface area contributed by atoms with Gasteiger partial charge >= 0.3 is 0 Å². The molecule has 0 spiro atoms. The molecular weight excluding hydrogens is 240 g/mol. The number of hydrogen-bond donors (Lipinski definition) is 1. The van der Waals surface area contributed by atoms with E-state index in [0.29, 0.717) is 0 Å². The second-order valence-electron chi connectivity index (χ2n) is 4.63. The summed E-state index contributed by atoms with van der Waals surface area (Å²) in [5.74, 6) is 0. The standard InChI is InChI=1S/C15H20N2S/c1-5-16-15(14-9-18-12(4)17-14)13-7-6-10(2)11(3)8-13/h6-9,15-16H,5H2,1-4H3. The van der Waals surface area contributed by atoms with E-state index >= 15 is 0 Å². The van der Waals surface area contributed by atoms with Gasteiger partial charge in [0.15, 0.2) is 0 Å². The van der Waals surface area contributed by atoms with Gasteiger partial charge in [0.1, 0.15) is 0 Å². The first-order chi connectivity index (χ1) is 8.61. The van der Waals surface area contributed by atoms with E-state index in [9.17, 15) is 0 Å². The van der Waals surface area contributed by atoms with Gasteiger partial charge in [-0.1, -0.05) is 25.1 Å². The van der Waals surface area contributed by atoms with Crippen molar-refractivity contribution in [3.05, 3.63) is 51.0 Å². The van der Waals surface area contributed by atoms with Crippen molar-refractivity contribution in [3.63, 3.8) is 0 Å². The van der Waals surface area contributed by atoms with E-state index in [4.69, 9.17) is 0 Å². The summed E-state index contributed by atoms with van der Waals surface area (Å²) in [5, 5.41) is 6.79. The number of rotatable bonds is 4. The van der Waals surface area contributed by atoms with Crippen LogP contribution in [0.4, 0.5) is 0 Å². The highest BCUT2D eigenvalue weighted by molar-refractivity contribution is 7.09. The summed E-state index contributed by atoms with van der Waals surface area (Å²) in [6.07, 6.45) is 0. The van der Waals surface area contributed by atoms with E-state index in [0.717, 1.165) is 17.2 Å². The van der Waals surface area contributed by atoms with Crippen LogP contribution in [0, 0.1) is 20.8 Å². The van der Waals surface area contributed by atoms with E-state index in [-0.39, 0.29) is 6.04 Å². The van der Waals surface area contributed by atoms with E-state index in [1.54, 1.807) is 11.3 Å². The molecule has 2 rings (SSSR count). The van der Waals surface area contributed by atoms with Gasteiger partial charge < -0.3 is 5.32 Å². The molecule has 0 saturated carbocycles. The predicted octanol–water partition coefficient (Wildman–Crippen LogP) is 3.77. The molecule has 0 fully saturated rings. The van der Waals surface area contributed by atoms with Crippen LogP contribution in [0.2, 0.25) is 0 Å². The second kappa shape index (κ2) is 5.63. The highest BCUT2D eigenvalue weighted by atomic mass is 32.1. The van der Waals surface area contributed by atoms with E-state index in [1.165, 1.54) is 16.7 Å². The van der Waals surface area contributed by atoms with Crippen LogP contribution in [-0.4, -0.2) is 11.5 Å². The number of nitrogens with one attached hydrogen (secondary N) is 1. The molecule has 0 bridgehead atoms. The Morgan fingerprint density at radius 1 is 1.22 bits per heavy atom. The number of benzene rings is 1. The number of hydrogen-bond acceptors (Lipinski definition) is 3. The van der Waals surface area contributed by atoms with Crippen molar-refractivity contribution < 1.29 is 0 Å². The fraction of sp³-hybridized carbons (Fsp3) is 0.400. The molecule has 2 aromatic rings. The lowest BCUT2D eigenvalue weighted by Crippen LogP contribution is -2.22. The minimum Gasteiger partial charge on any atom is -0.305 e. The lowest BCUT2D eigenvalue weighted by molar-refractivity contribution is 0.617. The van der Waals surface area contributed by atoms with Crippen LogP contribution in [-0.2, 0) is 0 Å². The lowest BCUT2D eigenvalue weighted by atomic mass is 9.99. The zero-order valence-electron chi connectivity index (χ0n) is 11.4. The Bertz CT molecular complexity index is 531. The highest BCUT2D eigenvalue weighted by Gasteiger charge is 2.16. The molecule has 3 heteroatoms. The number of aromatic nitrogens is 1. The molecule has 0 radical (unpaired) electrons. The Balaban J connectivity index is 2.37. The molecule has 1 atom stereocenters. The van der Waals surface area contributed by atoms with Gasteiger partial charge in [-0.3, -0.25) is 0 Å². The maximum absolute atomic E-state index is 4.61. The van der Waals surface area contributed by atoms with Crippen molar-refractivity contribution in [2.24, 2.45) is 0 Å². The molecule has 1 heterocycles. The fourth-order valence-corrected chi connectivity index (χ4v) is 2.69. The molecule has 0 aliphatic heterocycles. The Morgan fingerprint density at radius 3 is 2.56 bits per heavy atom. The third-order valence-corrected chi connectivity index (χ3v) is 4.00. The van der Waals surface area contributed by atoms with E-state index in [1.807, 2.05) is 0 Å². The summed E-state index contributed by atoms with van der Waals surface area (Å²) >= 11 is 1.71. The van der Waals surface area contributed by atoms with Gasteiger partial charge in [-0.15, -0.1) is 11.3 Å². The first-order valence-electron chi connectivity index (χ1n) is 6.34. The molecule has 1 aromatic carbocycles. The molecule has 0 aliphatic rings. The number of nitrogens with zero attached hydrogens (tertiary/aromatic N) is 1. The maximum Gasteiger partial charge on any atom is 0.0898 e. The van der Waals surface area contributed by atoms with Crippen LogP contribution in [0.5, 0.6) is 0 Å². The lowest BCUT2D eigenvalue weighted by Gasteiger charge is -2.17. The normalized spacial score (nSPS) is 12.7. The molecular formula is C15H20N2S. The summed E-state index contributed by atoms with van der Waals surface area (Å²) in [5.41, 5.74) is 5.10. The Labute approximate surface area is 113 Å². The van der Waals surface area contributed by atoms with Crippen LogP contribution in [0.15, 0.2) is 23.6 Å². The molecule has 1 aromatic heterocycles. The topological polar surface area (TPSA) is 24.9 Å². The SMILES string of the molecule is CCNC(c1ccc(C)c(C)c1)c1csc(C)n1. The van der Waals surface area contributed by atoms with Gasteiger partial charge in [0.05, 0.1) is 16.7 Å². The molecule has 0 saturated heterocycles. The van der Waals surface area contributed by atoms with Crippen molar-refractivity contribution in [1.82, 2.24) is 10.3 Å². The van der Waals surface area contributed by atoms with Crippen molar-refractivity contribution in [1.29, 1.82) is 0 Å². The molecule has 1 N–H and O–H groups in total. The van der Waals surface area contributed by atoms with Crippen molar-refractivity contribution in [2.45, 2.75) is 33.7 Å². The number of thiazole rings is 1. The smallest absolute Gasteiger partial charge is 0.0898 e. The van der Waals surface area contributed by atoms with Crippen LogP contribution in [0.1, 0.15) is 40.4 Å². The van der Waals surface area contributed by atoms with Gasteiger partial charge in [-0.05, 0) is 44.0 Å². The minimum absolute atomic E-state index is 0.208. The minimum atomic E-state index is 0.208. The fourth-order valence-electron chi connectivity index (χ4n) is 2.05. The van der Waals surface area contributed by atoms with E-state index in [2.05, 4.69) is 61.6 Å². The number of aryl methyl sites for hydroxylation is 3. The van der Waals surface area contributed by atoms with Gasteiger partial charge in [0.25, 0.3) is 0 Å². The van der Waals surface area contributed by atoms with Crippen molar-refractivity contribution in [3.8, 4) is 0 Å². The summed E-state index contributed by atoms with van der Waals surface area (Å²) < 4.78 is 0. The first kappa shape index (κ1) is 13.2. The zero-order valence-corrected chi connectivity index (χ0v) is 12.3. The Kier molecular flexibility index (Phi) is 4.15. The Morgan fingerprint density at radius 2 is 2.00 bits per heavy atom. The molecule has 1 unspecified atom stereocenters. The summed E-state index contributed by atoms with van der Waals surface area (Å²) in [6, 6.07) is 6.86. The largest absolute Gasteiger partial charge is 0.305 e. The van der Waals surface area contributed by atoms with Gasteiger partial charge in [0.2, 0.25) is 0 Å². The van der Waals surface area contributed by atoms with Crippen LogP contribution >= 0.6 is 11.3 Å². The van der Waals surface area contributed by atoms with Crippen LogP contribution in [0.3, 0.4) is 0 Å². The summed E-state index contributed by atoms with van der Waals surface area (Å²) in [6.45, 7) is 9.43. The average molecular weight is 260 g/mol. The molecule has 0 amide bonds. The second-order valence-corrected chi connectivity index (χ2v) is 5.69. The molecule has 0 aliphatic carbocycles. The summed E-state index contributed by atoms with van der Waals surface area (Å²) in [4.78, 5) is 4.61. The Hall–Kier alpha value is -1.19. The van der Waals surface area contributed by atoms with Crippen LogP contribution < -0.4 is 5.32 Å². The maximum atomic E-state index is 4.61. The monoisotopic (exact) mass is 260 g/mol.